The van der Waals surface area contributed by atoms with Crippen LogP contribution < -0.4 is 5.32 Å². The lowest BCUT2D eigenvalue weighted by atomic mass is 10.2. The van der Waals surface area contributed by atoms with Crippen molar-refractivity contribution >= 4 is 21.8 Å². The largest absolute Gasteiger partial charge is 0.361 e. The van der Waals surface area contributed by atoms with Gasteiger partial charge in [-0.25, -0.2) is 4.39 Å². The normalized spacial score (nSPS) is 10.4. The van der Waals surface area contributed by atoms with Gasteiger partial charge >= 0.3 is 0 Å². The fourth-order valence-corrected chi connectivity index (χ4v) is 1.66. The number of nitrogens with one attached hydrogen (secondary N) is 1. The summed E-state index contributed by atoms with van der Waals surface area (Å²) in [4.78, 5) is 11.7. The molecular formula is C12H10BrFN2O2. The number of nitrogens with zero attached hydrogens (tertiary/aromatic N) is 1. The first kappa shape index (κ1) is 12.8. The van der Waals surface area contributed by atoms with Crippen LogP contribution in [0.2, 0.25) is 0 Å². The summed E-state index contributed by atoms with van der Waals surface area (Å²) in [5.74, 6) is -0.157. The average molecular weight is 313 g/mol. The first-order valence-corrected chi connectivity index (χ1v) is 6.01. The van der Waals surface area contributed by atoms with Gasteiger partial charge in [0.25, 0.3) is 5.91 Å². The van der Waals surface area contributed by atoms with E-state index < -0.39 is 5.82 Å². The van der Waals surface area contributed by atoms with Gasteiger partial charge in [0, 0.05) is 11.6 Å². The molecule has 0 aliphatic heterocycles. The fourth-order valence-electron chi connectivity index (χ4n) is 1.41. The molecule has 0 saturated carbocycles. The molecule has 0 saturated heterocycles. The van der Waals surface area contributed by atoms with Crippen LogP contribution in [0.15, 0.2) is 33.3 Å². The van der Waals surface area contributed by atoms with Crippen molar-refractivity contribution in [3.63, 3.8) is 0 Å². The Labute approximate surface area is 111 Å². The minimum atomic E-state index is -0.472. The molecule has 0 atom stereocenters. The average Bonchev–Trinajstić information content (AvgIpc) is 2.75. The van der Waals surface area contributed by atoms with Crippen molar-refractivity contribution in [2.24, 2.45) is 0 Å². The van der Waals surface area contributed by atoms with Crippen molar-refractivity contribution < 1.29 is 13.7 Å². The third-order valence-electron chi connectivity index (χ3n) is 2.29. The fraction of sp³-hybridized carbons (Fsp3) is 0.167. The number of hydrogen-bond donors (Lipinski definition) is 1. The molecule has 18 heavy (non-hydrogen) atoms. The van der Waals surface area contributed by atoms with Crippen LogP contribution in [-0.2, 0) is 6.54 Å². The Morgan fingerprint density at radius 3 is 2.89 bits per heavy atom. The van der Waals surface area contributed by atoms with Crippen LogP contribution in [0.4, 0.5) is 4.39 Å². The Hall–Kier alpha value is -1.69. The molecular weight excluding hydrogens is 303 g/mol. The highest BCUT2D eigenvalue weighted by Gasteiger charge is 2.09. The van der Waals surface area contributed by atoms with E-state index >= 15 is 0 Å². The van der Waals surface area contributed by atoms with E-state index in [1.54, 1.807) is 13.0 Å². The molecule has 1 aromatic carbocycles. The number of benzene rings is 1. The van der Waals surface area contributed by atoms with E-state index in [2.05, 4.69) is 26.4 Å². The van der Waals surface area contributed by atoms with Crippen molar-refractivity contribution in [3.8, 4) is 0 Å². The molecule has 4 nitrogen and oxygen atoms in total. The molecule has 0 unspecified atom stereocenters. The first-order chi connectivity index (χ1) is 8.56. The summed E-state index contributed by atoms with van der Waals surface area (Å²) in [6.07, 6.45) is 0. The Balaban J connectivity index is 2.01. The number of carbonyl (C=O) groups excluding carboxylic acids is 1. The van der Waals surface area contributed by atoms with Crippen molar-refractivity contribution in [3.05, 3.63) is 51.6 Å². The second-order valence-corrected chi connectivity index (χ2v) is 4.59. The summed E-state index contributed by atoms with van der Waals surface area (Å²) in [6.45, 7) is 2.01. The van der Waals surface area contributed by atoms with Gasteiger partial charge in [-0.15, -0.1) is 0 Å². The van der Waals surface area contributed by atoms with E-state index in [1.165, 1.54) is 18.2 Å². The number of aromatic nitrogens is 1. The highest BCUT2D eigenvalue weighted by molar-refractivity contribution is 9.10. The van der Waals surface area contributed by atoms with Crippen LogP contribution in [0, 0.1) is 12.7 Å². The molecule has 6 heteroatoms. The third kappa shape index (κ3) is 2.95. The molecule has 0 bridgehead atoms. The molecule has 0 aliphatic rings. The van der Waals surface area contributed by atoms with Crippen molar-refractivity contribution in [1.82, 2.24) is 10.5 Å². The smallest absolute Gasteiger partial charge is 0.251 e. The number of halogens is 2. The van der Waals surface area contributed by atoms with E-state index in [9.17, 15) is 9.18 Å². The summed E-state index contributed by atoms with van der Waals surface area (Å²) in [5, 5.41) is 6.37. The molecule has 1 N–H and O–H groups in total. The summed E-state index contributed by atoms with van der Waals surface area (Å²) in [7, 11) is 0. The maximum Gasteiger partial charge on any atom is 0.251 e. The maximum atomic E-state index is 13.3. The second-order valence-electron chi connectivity index (χ2n) is 3.74. The van der Waals surface area contributed by atoms with Crippen molar-refractivity contribution in [2.45, 2.75) is 13.5 Å². The molecule has 2 rings (SSSR count). The Morgan fingerprint density at radius 1 is 1.50 bits per heavy atom. The SMILES string of the molecule is Cc1cc(CNC(=O)c2ccc(Br)c(F)c2)no1. The quantitative estimate of drug-likeness (QED) is 0.948. The lowest BCUT2D eigenvalue weighted by Gasteiger charge is -2.03. The van der Waals surface area contributed by atoms with E-state index in [4.69, 9.17) is 4.52 Å². The molecule has 0 radical (unpaired) electrons. The van der Waals surface area contributed by atoms with Crippen molar-refractivity contribution in [2.75, 3.05) is 0 Å². The van der Waals surface area contributed by atoms with Gasteiger partial charge in [-0.05, 0) is 41.1 Å². The van der Waals surface area contributed by atoms with E-state index in [1.807, 2.05) is 0 Å². The van der Waals surface area contributed by atoms with Gasteiger partial charge in [0.15, 0.2) is 0 Å². The van der Waals surface area contributed by atoms with Gasteiger partial charge in [-0.1, -0.05) is 5.16 Å². The lowest BCUT2D eigenvalue weighted by Crippen LogP contribution is -2.23. The van der Waals surface area contributed by atoms with Crippen molar-refractivity contribution in [1.29, 1.82) is 0 Å². The number of amides is 1. The van der Waals surface area contributed by atoms with Gasteiger partial charge in [0.2, 0.25) is 0 Å². The van der Waals surface area contributed by atoms with E-state index in [0.29, 0.717) is 15.9 Å². The van der Waals surface area contributed by atoms with Gasteiger partial charge < -0.3 is 9.84 Å². The number of rotatable bonds is 3. The van der Waals surface area contributed by atoms with E-state index in [0.717, 1.165) is 0 Å². The standard InChI is InChI=1S/C12H10BrFN2O2/c1-7-4-9(16-18-7)6-15-12(17)8-2-3-10(13)11(14)5-8/h2-5H,6H2,1H3,(H,15,17). The summed E-state index contributed by atoms with van der Waals surface area (Å²) >= 11 is 3.03. The zero-order chi connectivity index (χ0) is 13.1. The Bertz CT molecular complexity index is 583. The number of aryl methyl sites for hydroxylation is 1. The predicted octanol–water partition coefficient (Wildman–Crippen LogP) is 2.81. The summed E-state index contributed by atoms with van der Waals surface area (Å²) < 4.78 is 18.4. The highest BCUT2D eigenvalue weighted by Crippen LogP contribution is 2.16. The Morgan fingerprint density at radius 2 is 2.28 bits per heavy atom. The molecule has 94 valence electrons. The van der Waals surface area contributed by atoms with Crippen LogP contribution >= 0.6 is 15.9 Å². The van der Waals surface area contributed by atoms with Gasteiger partial charge in [0.05, 0.1) is 11.0 Å². The maximum absolute atomic E-state index is 13.3. The molecule has 0 spiro atoms. The molecule has 1 heterocycles. The molecule has 2 aromatic rings. The van der Waals surface area contributed by atoms with Crippen LogP contribution in [0.5, 0.6) is 0 Å². The van der Waals surface area contributed by atoms with Crippen LogP contribution in [0.1, 0.15) is 21.8 Å². The molecule has 0 aliphatic carbocycles. The lowest BCUT2D eigenvalue weighted by molar-refractivity contribution is 0.0949. The molecule has 0 fully saturated rings. The highest BCUT2D eigenvalue weighted by atomic mass is 79.9. The minimum Gasteiger partial charge on any atom is -0.361 e. The topological polar surface area (TPSA) is 55.1 Å². The second kappa shape index (κ2) is 5.30. The third-order valence-corrected chi connectivity index (χ3v) is 2.93. The van der Waals surface area contributed by atoms with Gasteiger partial charge in [0.1, 0.15) is 17.3 Å². The van der Waals surface area contributed by atoms with Crippen LogP contribution in [-0.4, -0.2) is 11.1 Å². The summed E-state index contributed by atoms with van der Waals surface area (Å²) in [6, 6.07) is 5.93. The van der Waals surface area contributed by atoms with Crippen LogP contribution in [0.3, 0.4) is 0 Å². The zero-order valence-corrected chi connectivity index (χ0v) is 11.1. The van der Waals surface area contributed by atoms with Gasteiger partial charge in [-0.2, -0.15) is 0 Å². The van der Waals surface area contributed by atoms with Gasteiger partial charge in [-0.3, -0.25) is 4.79 Å². The minimum absolute atomic E-state index is 0.244. The number of carbonyl (C=O) groups is 1. The predicted molar refractivity (Wildman–Crippen MR) is 66.5 cm³/mol. The Kier molecular flexibility index (Phi) is 3.76. The molecule has 1 amide bonds. The van der Waals surface area contributed by atoms with Crippen LogP contribution in [0.25, 0.3) is 0 Å². The molecule has 1 aromatic heterocycles. The monoisotopic (exact) mass is 312 g/mol. The van der Waals surface area contributed by atoms with E-state index in [-0.39, 0.29) is 18.0 Å². The summed E-state index contributed by atoms with van der Waals surface area (Å²) in [5.41, 5.74) is 0.884. The zero-order valence-electron chi connectivity index (χ0n) is 9.54. The first-order valence-electron chi connectivity index (χ1n) is 5.21. The number of hydrogen-bond acceptors (Lipinski definition) is 3.